The van der Waals surface area contributed by atoms with Gasteiger partial charge in [0.25, 0.3) is 0 Å². The van der Waals surface area contributed by atoms with E-state index in [0.717, 1.165) is 12.8 Å². The van der Waals surface area contributed by atoms with Crippen molar-refractivity contribution in [2.45, 2.75) is 25.7 Å². The number of carboxylic acid groups (broad SMARTS) is 1. The number of carbonyl (C=O) groups excluding carboxylic acids is 1. The average Bonchev–Trinajstić information content (AvgIpc) is 3.19. The van der Waals surface area contributed by atoms with E-state index < -0.39 is 11.9 Å². The summed E-state index contributed by atoms with van der Waals surface area (Å²) in [4.78, 5) is 23.0. The second-order valence-electron chi connectivity index (χ2n) is 5.94. The number of nitrogens with one attached hydrogen (secondary N) is 1. The van der Waals surface area contributed by atoms with E-state index in [2.05, 4.69) is 17.4 Å². The Balaban J connectivity index is 1.64. The number of hydrogen-bond acceptors (Lipinski definition) is 2. The molecular formula is C16H19NO3. The molecule has 0 aromatic heterocycles. The van der Waals surface area contributed by atoms with Crippen LogP contribution in [0.15, 0.2) is 24.3 Å². The molecule has 0 radical (unpaired) electrons. The summed E-state index contributed by atoms with van der Waals surface area (Å²) in [5.41, 5.74) is 2.68. The minimum absolute atomic E-state index is 0.0183. The second kappa shape index (κ2) is 4.93. The van der Waals surface area contributed by atoms with Crippen molar-refractivity contribution in [3.63, 3.8) is 0 Å². The van der Waals surface area contributed by atoms with Crippen LogP contribution in [-0.4, -0.2) is 23.5 Å². The Labute approximate surface area is 118 Å². The zero-order valence-corrected chi connectivity index (χ0v) is 11.5. The van der Waals surface area contributed by atoms with Crippen molar-refractivity contribution in [1.29, 1.82) is 0 Å². The lowest BCUT2D eigenvalue weighted by Gasteiger charge is -2.13. The van der Waals surface area contributed by atoms with Crippen LogP contribution in [-0.2, 0) is 16.0 Å². The van der Waals surface area contributed by atoms with Gasteiger partial charge in [0, 0.05) is 12.5 Å². The first kappa shape index (κ1) is 13.2. The number of aliphatic carboxylic acids is 1. The summed E-state index contributed by atoms with van der Waals surface area (Å²) in [6, 6.07) is 8.34. The van der Waals surface area contributed by atoms with Crippen molar-refractivity contribution >= 4 is 11.9 Å². The molecule has 4 unspecified atom stereocenters. The number of rotatable bonds is 4. The fourth-order valence-corrected chi connectivity index (χ4v) is 3.38. The summed E-state index contributed by atoms with van der Waals surface area (Å²) >= 11 is 0. The summed E-state index contributed by atoms with van der Waals surface area (Å²) in [5, 5.41) is 11.6. The molecule has 3 rings (SSSR count). The van der Waals surface area contributed by atoms with Crippen LogP contribution in [0.2, 0.25) is 0 Å². The molecule has 2 N–H and O–H groups in total. The Morgan fingerprint density at radius 1 is 1.40 bits per heavy atom. The van der Waals surface area contributed by atoms with E-state index in [0.29, 0.717) is 11.8 Å². The molecule has 0 spiro atoms. The fourth-order valence-electron chi connectivity index (χ4n) is 3.38. The topological polar surface area (TPSA) is 66.4 Å². The van der Waals surface area contributed by atoms with Gasteiger partial charge in [-0.2, -0.15) is 0 Å². The maximum absolute atomic E-state index is 12.2. The lowest BCUT2D eigenvalue weighted by Crippen LogP contribution is -2.33. The molecule has 1 saturated carbocycles. The fraction of sp³-hybridized carbons (Fsp3) is 0.500. The van der Waals surface area contributed by atoms with Crippen LogP contribution in [0.5, 0.6) is 0 Å². The van der Waals surface area contributed by atoms with E-state index in [4.69, 9.17) is 5.11 Å². The van der Waals surface area contributed by atoms with Crippen LogP contribution >= 0.6 is 0 Å². The SMILES string of the molecule is CC(CNC(=O)C1C2CCc3ccccc3C21)C(=O)O. The highest BCUT2D eigenvalue weighted by molar-refractivity contribution is 5.84. The third-order valence-electron chi connectivity index (χ3n) is 4.64. The molecule has 1 aromatic rings. The highest BCUT2D eigenvalue weighted by atomic mass is 16.4. The molecular weight excluding hydrogens is 254 g/mol. The van der Waals surface area contributed by atoms with Crippen molar-refractivity contribution in [1.82, 2.24) is 5.32 Å². The maximum Gasteiger partial charge on any atom is 0.308 e. The van der Waals surface area contributed by atoms with Crippen molar-refractivity contribution in [2.24, 2.45) is 17.8 Å². The van der Waals surface area contributed by atoms with Gasteiger partial charge in [0.2, 0.25) is 5.91 Å². The Hall–Kier alpha value is -1.84. The van der Waals surface area contributed by atoms with Crippen molar-refractivity contribution in [3.05, 3.63) is 35.4 Å². The molecule has 0 heterocycles. The monoisotopic (exact) mass is 273 g/mol. The van der Waals surface area contributed by atoms with Crippen LogP contribution in [0.1, 0.15) is 30.4 Å². The lowest BCUT2D eigenvalue weighted by molar-refractivity contribution is -0.141. The van der Waals surface area contributed by atoms with Crippen molar-refractivity contribution in [3.8, 4) is 0 Å². The second-order valence-corrected chi connectivity index (χ2v) is 5.94. The minimum Gasteiger partial charge on any atom is -0.481 e. The predicted molar refractivity (Wildman–Crippen MR) is 74.3 cm³/mol. The standard InChI is InChI=1S/C16H19NO3/c1-9(16(19)20)8-17-15(18)14-12-7-6-10-4-2-3-5-11(10)13(12)14/h2-5,9,12-14H,6-8H2,1H3,(H,17,18)(H,19,20). The van der Waals surface area contributed by atoms with E-state index in [9.17, 15) is 9.59 Å². The molecule has 2 aliphatic rings. The number of amides is 1. The van der Waals surface area contributed by atoms with Crippen molar-refractivity contribution < 1.29 is 14.7 Å². The predicted octanol–water partition coefficient (Wildman–Crippen LogP) is 1.80. The molecule has 0 saturated heterocycles. The van der Waals surface area contributed by atoms with Gasteiger partial charge in [-0.15, -0.1) is 0 Å². The van der Waals surface area contributed by atoms with Crippen LogP contribution < -0.4 is 5.32 Å². The summed E-state index contributed by atoms with van der Waals surface area (Å²) < 4.78 is 0. The molecule has 0 aliphatic heterocycles. The number of fused-ring (bicyclic) bond motifs is 3. The van der Waals surface area contributed by atoms with Gasteiger partial charge in [-0.1, -0.05) is 31.2 Å². The van der Waals surface area contributed by atoms with E-state index in [-0.39, 0.29) is 18.4 Å². The number of aryl methyl sites for hydroxylation is 1. The van der Waals surface area contributed by atoms with E-state index in [1.165, 1.54) is 11.1 Å². The van der Waals surface area contributed by atoms with E-state index in [1.807, 2.05) is 12.1 Å². The highest BCUT2D eigenvalue weighted by Crippen LogP contribution is 2.59. The Morgan fingerprint density at radius 2 is 2.15 bits per heavy atom. The Morgan fingerprint density at radius 3 is 2.90 bits per heavy atom. The van der Waals surface area contributed by atoms with Crippen LogP contribution in [0.3, 0.4) is 0 Å². The molecule has 20 heavy (non-hydrogen) atoms. The number of hydrogen-bond donors (Lipinski definition) is 2. The molecule has 1 fully saturated rings. The quantitative estimate of drug-likeness (QED) is 0.879. The van der Waals surface area contributed by atoms with Crippen LogP contribution in [0, 0.1) is 17.8 Å². The number of carbonyl (C=O) groups is 2. The molecule has 1 amide bonds. The zero-order chi connectivity index (χ0) is 14.3. The Bertz CT molecular complexity index is 554. The number of benzene rings is 1. The lowest BCUT2D eigenvalue weighted by atomic mass is 9.92. The van der Waals surface area contributed by atoms with Gasteiger partial charge in [-0.25, -0.2) is 0 Å². The molecule has 4 nitrogen and oxygen atoms in total. The molecule has 4 heteroatoms. The third kappa shape index (κ3) is 2.19. The Kier molecular flexibility index (Phi) is 3.24. The third-order valence-corrected chi connectivity index (χ3v) is 4.64. The molecule has 0 bridgehead atoms. The molecule has 2 aliphatic carbocycles. The van der Waals surface area contributed by atoms with Gasteiger partial charge >= 0.3 is 5.97 Å². The molecule has 106 valence electrons. The largest absolute Gasteiger partial charge is 0.481 e. The van der Waals surface area contributed by atoms with Gasteiger partial charge in [-0.3, -0.25) is 9.59 Å². The van der Waals surface area contributed by atoms with E-state index in [1.54, 1.807) is 6.92 Å². The summed E-state index contributed by atoms with van der Waals surface area (Å²) in [6.45, 7) is 1.82. The zero-order valence-electron chi connectivity index (χ0n) is 11.5. The first-order chi connectivity index (χ1) is 9.59. The van der Waals surface area contributed by atoms with Gasteiger partial charge in [0.15, 0.2) is 0 Å². The average molecular weight is 273 g/mol. The van der Waals surface area contributed by atoms with Gasteiger partial charge < -0.3 is 10.4 Å². The van der Waals surface area contributed by atoms with E-state index >= 15 is 0 Å². The normalized spacial score (nSPS) is 27.9. The van der Waals surface area contributed by atoms with Crippen molar-refractivity contribution in [2.75, 3.05) is 6.54 Å². The molecule has 1 aromatic carbocycles. The summed E-state index contributed by atoms with van der Waals surface area (Å²) in [5.74, 6) is -0.551. The first-order valence-electron chi connectivity index (χ1n) is 7.18. The highest BCUT2D eigenvalue weighted by Gasteiger charge is 2.56. The smallest absolute Gasteiger partial charge is 0.308 e. The first-order valence-corrected chi connectivity index (χ1v) is 7.18. The van der Waals surface area contributed by atoms with Gasteiger partial charge in [-0.05, 0) is 35.8 Å². The molecule has 4 atom stereocenters. The summed E-state index contributed by atoms with van der Waals surface area (Å²) in [7, 11) is 0. The van der Waals surface area contributed by atoms with Crippen LogP contribution in [0.4, 0.5) is 0 Å². The van der Waals surface area contributed by atoms with Gasteiger partial charge in [0.05, 0.1) is 5.92 Å². The number of carboxylic acids is 1. The minimum atomic E-state index is -0.871. The maximum atomic E-state index is 12.2. The van der Waals surface area contributed by atoms with Crippen LogP contribution in [0.25, 0.3) is 0 Å². The summed E-state index contributed by atoms with van der Waals surface area (Å²) in [6.07, 6.45) is 2.11. The van der Waals surface area contributed by atoms with Gasteiger partial charge in [0.1, 0.15) is 0 Å².